The molecule has 4 nitrogen and oxygen atoms in total. The van der Waals surface area contributed by atoms with E-state index in [9.17, 15) is 0 Å². The number of hydrogen-bond acceptors (Lipinski definition) is 4. The second kappa shape index (κ2) is 5.43. The van der Waals surface area contributed by atoms with Crippen LogP contribution in [0.4, 0.5) is 0 Å². The molecule has 4 heteroatoms. The van der Waals surface area contributed by atoms with Gasteiger partial charge < -0.3 is 0 Å². The van der Waals surface area contributed by atoms with E-state index in [-0.39, 0.29) is 5.66 Å². The Balaban J connectivity index is 1.85. The second-order valence-electron chi connectivity index (χ2n) is 5.93. The maximum Gasteiger partial charge on any atom is 0.197 e. The lowest BCUT2D eigenvalue weighted by Gasteiger charge is -2.30. The fourth-order valence-electron chi connectivity index (χ4n) is 3.14. The zero-order chi connectivity index (χ0) is 14.0. The topological polar surface area (TPSA) is 50.0 Å². The Hall–Kier alpha value is -1.58. The summed E-state index contributed by atoms with van der Waals surface area (Å²) in [6.07, 6.45) is 7.30. The molecule has 20 heavy (non-hydrogen) atoms. The summed E-state index contributed by atoms with van der Waals surface area (Å²) in [5, 5.41) is 8.81. The zero-order valence-corrected chi connectivity index (χ0v) is 12.3. The van der Waals surface area contributed by atoms with Gasteiger partial charge in [-0.1, -0.05) is 32.3 Å². The van der Waals surface area contributed by atoms with E-state index in [2.05, 4.69) is 29.1 Å². The maximum atomic E-state index is 4.81. The van der Waals surface area contributed by atoms with Crippen molar-refractivity contribution in [1.82, 2.24) is 4.98 Å². The quantitative estimate of drug-likeness (QED) is 0.813. The number of aliphatic imine (C=N–C) groups is 1. The van der Waals surface area contributed by atoms with Crippen LogP contribution in [0.1, 0.15) is 57.3 Å². The molecular formula is C16H22N4. The van der Waals surface area contributed by atoms with E-state index in [1.165, 1.54) is 32.1 Å². The molecular weight excluding hydrogens is 248 g/mol. The molecule has 1 unspecified atom stereocenters. The van der Waals surface area contributed by atoms with Gasteiger partial charge in [-0.05, 0) is 38.3 Å². The van der Waals surface area contributed by atoms with E-state index in [0.717, 1.165) is 17.8 Å². The molecule has 1 saturated carbocycles. The minimum absolute atomic E-state index is 0.361. The summed E-state index contributed by atoms with van der Waals surface area (Å²) in [4.78, 5) is 9.41. The normalized spacial score (nSPS) is 26.8. The third-order valence-electron chi connectivity index (χ3n) is 4.46. The first kappa shape index (κ1) is 13.4. The lowest BCUT2D eigenvalue weighted by atomic mass is 9.81. The van der Waals surface area contributed by atoms with E-state index in [1.54, 1.807) is 0 Å². The van der Waals surface area contributed by atoms with Crippen LogP contribution in [-0.2, 0) is 6.42 Å². The molecule has 0 aromatic carbocycles. The monoisotopic (exact) mass is 270 g/mol. The predicted octanol–water partition coefficient (Wildman–Crippen LogP) is 4.15. The van der Waals surface area contributed by atoms with E-state index in [4.69, 9.17) is 4.99 Å². The van der Waals surface area contributed by atoms with Crippen LogP contribution in [0.3, 0.4) is 0 Å². The van der Waals surface area contributed by atoms with Gasteiger partial charge in [0.1, 0.15) is 5.69 Å². The largest absolute Gasteiger partial charge is 0.249 e. The summed E-state index contributed by atoms with van der Waals surface area (Å²) >= 11 is 0. The van der Waals surface area contributed by atoms with Crippen LogP contribution in [0.2, 0.25) is 0 Å². The van der Waals surface area contributed by atoms with Crippen molar-refractivity contribution < 1.29 is 0 Å². The van der Waals surface area contributed by atoms with Gasteiger partial charge in [-0.25, -0.2) is 9.98 Å². The van der Waals surface area contributed by atoms with E-state index < -0.39 is 0 Å². The molecule has 1 fully saturated rings. The minimum atomic E-state index is -0.361. The Labute approximate surface area is 120 Å². The van der Waals surface area contributed by atoms with Gasteiger partial charge in [0.2, 0.25) is 0 Å². The second-order valence-corrected chi connectivity index (χ2v) is 5.93. The molecule has 1 aliphatic heterocycles. The van der Waals surface area contributed by atoms with Crippen molar-refractivity contribution in [2.24, 2.45) is 21.1 Å². The van der Waals surface area contributed by atoms with Crippen molar-refractivity contribution in [3.05, 3.63) is 29.6 Å². The number of aryl methyl sites for hydroxylation is 1. The molecule has 2 heterocycles. The lowest BCUT2D eigenvalue weighted by Crippen LogP contribution is -2.30. The summed E-state index contributed by atoms with van der Waals surface area (Å²) < 4.78 is 0. The summed E-state index contributed by atoms with van der Waals surface area (Å²) in [5.74, 6) is 1.24. The highest BCUT2D eigenvalue weighted by Gasteiger charge is 2.38. The van der Waals surface area contributed by atoms with Crippen LogP contribution < -0.4 is 0 Å². The van der Waals surface area contributed by atoms with E-state index in [1.807, 2.05) is 18.2 Å². The number of rotatable bonds is 3. The zero-order valence-electron chi connectivity index (χ0n) is 12.3. The Bertz CT molecular complexity index is 543. The van der Waals surface area contributed by atoms with Crippen LogP contribution in [0.5, 0.6) is 0 Å². The van der Waals surface area contributed by atoms with Crippen molar-refractivity contribution >= 4 is 5.84 Å². The van der Waals surface area contributed by atoms with Crippen LogP contribution in [0.25, 0.3) is 0 Å². The number of nitrogens with zero attached hydrogens (tertiary/aromatic N) is 4. The molecule has 1 aliphatic carbocycles. The number of azo groups is 1. The van der Waals surface area contributed by atoms with Gasteiger partial charge in [-0.3, -0.25) is 0 Å². The highest BCUT2D eigenvalue weighted by Crippen LogP contribution is 2.38. The molecule has 0 spiro atoms. The smallest absolute Gasteiger partial charge is 0.197 e. The van der Waals surface area contributed by atoms with Crippen molar-refractivity contribution in [2.75, 3.05) is 0 Å². The number of aromatic nitrogens is 1. The molecule has 3 rings (SSSR count). The number of amidine groups is 1. The Morgan fingerprint density at radius 3 is 2.75 bits per heavy atom. The van der Waals surface area contributed by atoms with Crippen LogP contribution >= 0.6 is 0 Å². The third kappa shape index (κ3) is 2.51. The Kier molecular flexibility index (Phi) is 3.64. The maximum absolute atomic E-state index is 4.81. The molecule has 2 aliphatic rings. The number of hydrogen-bond donors (Lipinski definition) is 0. The highest BCUT2D eigenvalue weighted by molar-refractivity contribution is 5.98. The van der Waals surface area contributed by atoms with Crippen molar-refractivity contribution in [3.8, 4) is 0 Å². The first-order valence-corrected chi connectivity index (χ1v) is 7.70. The first-order chi connectivity index (χ1) is 9.71. The van der Waals surface area contributed by atoms with Crippen molar-refractivity contribution in [1.29, 1.82) is 0 Å². The molecule has 0 saturated heterocycles. The summed E-state index contributed by atoms with van der Waals surface area (Å²) in [6.45, 7) is 4.22. The molecule has 106 valence electrons. The van der Waals surface area contributed by atoms with Crippen LogP contribution in [0, 0.1) is 5.92 Å². The van der Waals surface area contributed by atoms with Gasteiger partial charge in [0.15, 0.2) is 11.5 Å². The number of pyridine rings is 1. The third-order valence-corrected chi connectivity index (χ3v) is 4.46. The average Bonchev–Trinajstić information content (AvgIpc) is 2.92. The summed E-state index contributed by atoms with van der Waals surface area (Å²) in [7, 11) is 0. The molecule has 1 aromatic rings. The van der Waals surface area contributed by atoms with Gasteiger partial charge in [0.25, 0.3) is 0 Å². The fourth-order valence-corrected chi connectivity index (χ4v) is 3.14. The molecule has 0 amide bonds. The first-order valence-electron chi connectivity index (χ1n) is 7.70. The molecule has 0 radical (unpaired) electrons. The summed E-state index contributed by atoms with van der Waals surface area (Å²) in [6, 6.07) is 6.04. The molecule has 0 bridgehead atoms. The fraction of sp³-hybridized carbons (Fsp3) is 0.625. The van der Waals surface area contributed by atoms with Crippen LogP contribution in [0.15, 0.2) is 33.4 Å². The Morgan fingerprint density at radius 1 is 1.20 bits per heavy atom. The van der Waals surface area contributed by atoms with Crippen molar-refractivity contribution in [2.45, 2.75) is 58.0 Å². The van der Waals surface area contributed by atoms with Crippen molar-refractivity contribution in [3.63, 3.8) is 0 Å². The highest BCUT2D eigenvalue weighted by atomic mass is 15.3. The average molecular weight is 270 g/mol. The van der Waals surface area contributed by atoms with Gasteiger partial charge in [-0.2, -0.15) is 5.11 Å². The Morgan fingerprint density at radius 2 is 2.00 bits per heavy atom. The minimum Gasteiger partial charge on any atom is -0.249 e. The van der Waals surface area contributed by atoms with E-state index in [0.29, 0.717) is 11.8 Å². The van der Waals surface area contributed by atoms with Gasteiger partial charge >= 0.3 is 0 Å². The molecule has 1 atom stereocenters. The van der Waals surface area contributed by atoms with E-state index >= 15 is 0 Å². The molecule has 0 N–H and O–H groups in total. The van der Waals surface area contributed by atoms with Gasteiger partial charge in [-0.15, -0.1) is 5.11 Å². The SMILES string of the molecule is CCc1cccc(C2=NC(C)(C3CCCCC3)N=N2)n1. The molecule has 1 aromatic heterocycles. The van der Waals surface area contributed by atoms with Gasteiger partial charge in [0.05, 0.1) is 0 Å². The predicted molar refractivity (Wildman–Crippen MR) is 80.0 cm³/mol. The van der Waals surface area contributed by atoms with Crippen LogP contribution in [-0.4, -0.2) is 16.5 Å². The standard InChI is InChI=1S/C16H22N4/c1-3-13-10-7-11-14(17-13)15-18-16(2,20-19-15)12-8-5-4-6-9-12/h7,10-12H,3-6,8-9H2,1-2H3. The summed E-state index contributed by atoms with van der Waals surface area (Å²) in [5.41, 5.74) is 1.57. The lowest BCUT2D eigenvalue weighted by molar-refractivity contribution is 0.232. The van der Waals surface area contributed by atoms with Gasteiger partial charge in [0, 0.05) is 11.6 Å².